The number of hydrogen-bond donors (Lipinski definition) is 3. The van der Waals surface area contributed by atoms with Crippen LogP contribution in [0.5, 0.6) is 0 Å². The molecule has 5 fully saturated rings. The van der Waals surface area contributed by atoms with E-state index in [0.717, 1.165) is 17.9 Å². The number of aliphatic hydroxyl groups is 3. The molecule has 5 rings (SSSR count). The first kappa shape index (κ1) is 24.2. The van der Waals surface area contributed by atoms with E-state index in [0.29, 0.717) is 45.8 Å². The summed E-state index contributed by atoms with van der Waals surface area (Å²) >= 11 is 0. The van der Waals surface area contributed by atoms with E-state index in [9.17, 15) is 15.3 Å². The van der Waals surface area contributed by atoms with Gasteiger partial charge in [-0.2, -0.15) is 0 Å². The Hall–Kier alpha value is -0.540. The van der Waals surface area contributed by atoms with Crippen molar-refractivity contribution >= 4 is 0 Å². The van der Waals surface area contributed by atoms with Gasteiger partial charge in [0.15, 0.2) is 0 Å². The maximum atomic E-state index is 10.8. The van der Waals surface area contributed by atoms with Gasteiger partial charge in [0.05, 0.1) is 6.10 Å². The van der Waals surface area contributed by atoms with E-state index >= 15 is 0 Å². The van der Waals surface area contributed by atoms with E-state index in [-0.39, 0.29) is 17.3 Å². The standard InChI is InChI=1S/C30H50O3/c1-18(2)25(33)21(31)16-19(3)20-10-12-28(7)23-9-8-22-26(4,5)24(32)11-13-29(22)17-30(23,29)15-14-27(20,28)6/h19-24,31-33H,8-17H2,1-7H3/t19?,20-,21?,22+,23?,24+,27-,28+,29?,30+/m1/s1. The Morgan fingerprint density at radius 3 is 2.15 bits per heavy atom. The molecule has 0 saturated heterocycles. The second-order valence-corrected chi connectivity index (χ2v) is 14.6. The lowest BCUT2D eigenvalue weighted by molar-refractivity contribution is -0.162. The third-order valence-corrected chi connectivity index (χ3v) is 13.3. The zero-order chi connectivity index (χ0) is 24.2. The van der Waals surface area contributed by atoms with Crippen LogP contribution >= 0.6 is 0 Å². The number of allylic oxidation sites excluding steroid dienone is 1. The molecule has 0 bridgehead atoms. The molecule has 0 aromatic carbocycles. The molecule has 4 unspecified atom stereocenters. The Labute approximate surface area is 202 Å². The number of hydrogen-bond acceptors (Lipinski definition) is 3. The molecule has 3 nitrogen and oxygen atoms in total. The fourth-order valence-electron chi connectivity index (χ4n) is 11.3. The minimum atomic E-state index is -0.728. The Balaban J connectivity index is 1.41. The predicted octanol–water partition coefficient (Wildman–Crippen LogP) is 7.03. The molecule has 5 saturated carbocycles. The van der Waals surface area contributed by atoms with Crippen LogP contribution in [-0.4, -0.2) is 27.5 Å². The molecule has 5 aliphatic rings. The molecular formula is C30H50O3. The molecule has 33 heavy (non-hydrogen) atoms. The van der Waals surface area contributed by atoms with Crippen molar-refractivity contribution in [1.82, 2.24) is 0 Å². The maximum absolute atomic E-state index is 10.8. The first-order valence-electron chi connectivity index (χ1n) is 14.0. The van der Waals surface area contributed by atoms with Crippen LogP contribution in [0.15, 0.2) is 11.3 Å². The third kappa shape index (κ3) is 2.87. The second kappa shape index (κ2) is 7.25. The fraction of sp³-hybridized carbons (Fsp3) is 0.933. The summed E-state index contributed by atoms with van der Waals surface area (Å²) in [6.45, 7) is 16.0. The van der Waals surface area contributed by atoms with Crippen LogP contribution < -0.4 is 0 Å². The summed E-state index contributed by atoms with van der Waals surface area (Å²) in [6.07, 6.45) is 11.4. The zero-order valence-corrected chi connectivity index (χ0v) is 22.4. The van der Waals surface area contributed by atoms with Gasteiger partial charge in [-0.3, -0.25) is 0 Å². The van der Waals surface area contributed by atoms with Gasteiger partial charge in [-0.1, -0.05) is 34.6 Å². The van der Waals surface area contributed by atoms with Crippen molar-refractivity contribution in [3.8, 4) is 0 Å². The zero-order valence-electron chi connectivity index (χ0n) is 22.4. The SMILES string of the molecule is CC(C)=C(O)C(O)CC(C)[C@H]1CC[C@@]2(C)C3CC[C@H]4C(C)(C)[C@@H](O)CCC45C[C@@]35CC[C@]12C. The van der Waals surface area contributed by atoms with Crippen LogP contribution in [-0.2, 0) is 0 Å². The van der Waals surface area contributed by atoms with Gasteiger partial charge >= 0.3 is 0 Å². The van der Waals surface area contributed by atoms with E-state index in [2.05, 4.69) is 34.6 Å². The van der Waals surface area contributed by atoms with Crippen LogP contribution in [0, 0.1) is 50.7 Å². The number of rotatable bonds is 4. The lowest BCUT2D eigenvalue weighted by Crippen LogP contribution is -2.57. The van der Waals surface area contributed by atoms with Crippen molar-refractivity contribution in [2.75, 3.05) is 0 Å². The lowest BCUT2D eigenvalue weighted by atomic mass is 9.41. The summed E-state index contributed by atoms with van der Waals surface area (Å²) in [5.74, 6) is 2.72. The van der Waals surface area contributed by atoms with Gasteiger partial charge in [0, 0.05) is 0 Å². The monoisotopic (exact) mass is 458 g/mol. The molecule has 0 heterocycles. The highest BCUT2D eigenvalue weighted by Crippen LogP contribution is 2.89. The third-order valence-electron chi connectivity index (χ3n) is 13.3. The van der Waals surface area contributed by atoms with Gasteiger partial charge in [0.2, 0.25) is 0 Å². The van der Waals surface area contributed by atoms with Gasteiger partial charge < -0.3 is 15.3 Å². The summed E-state index contributed by atoms with van der Waals surface area (Å²) in [4.78, 5) is 0. The first-order valence-corrected chi connectivity index (χ1v) is 14.0. The molecule has 188 valence electrons. The molecule has 3 heteroatoms. The van der Waals surface area contributed by atoms with Crippen molar-refractivity contribution < 1.29 is 15.3 Å². The predicted molar refractivity (Wildman–Crippen MR) is 134 cm³/mol. The van der Waals surface area contributed by atoms with Crippen LogP contribution in [0.4, 0.5) is 0 Å². The van der Waals surface area contributed by atoms with E-state index in [1.165, 1.54) is 51.4 Å². The van der Waals surface area contributed by atoms with Gasteiger partial charge in [0.1, 0.15) is 11.9 Å². The van der Waals surface area contributed by atoms with Crippen molar-refractivity contribution in [3.63, 3.8) is 0 Å². The van der Waals surface area contributed by atoms with Crippen molar-refractivity contribution in [3.05, 3.63) is 11.3 Å². The molecule has 5 aliphatic carbocycles. The molecule has 0 aliphatic heterocycles. The van der Waals surface area contributed by atoms with Crippen LogP contribution in [0.1, 0.15) is 113 Å². The molecular weight excluding hydrogens is 408 g/mol. The normalized spacial score (nSPS) is 51.4. The molecule has 0 aromatic rings. The van der Waals surface area contributed by atoms with E-state index in [1.54, 1.807) is 0 Å². The lowest BCUT2D eigenvalue weighted by Gasteiger charge is -2.63. The minimum Gasteiger partial charge on any atom is -0.510 e. The van der Waals surface area contributed by atoms with E-state index in [4.69, 9.17) is 0 Å². The van der Waals surface area contributed by atoms with Crippen LogP contribution in [0.3, 0.4) is 0 Å². The van der Waals surface area contributed by atoms with Crippen LogP contribution in [0.2, 0.25) is 0 Å². The summed E-state index contributed by atoms with van der Waals surface area (Å²) in [5.41, 5.74) is 2.61. The number of fused-ring (bicyclic) bond motifs is 2. The average Bonchev–Trinajstić information content (AvgIpc) is 3.32. The van der Waals surface area contributed by atoms with E-state index in [1.807, 2.05) is 13.8 Å². The minimum absolute atomic E-state index is 0.0597. The first-order chi connectivity index (χ1) is 15.3. The molecule has 2 spiro atoms. The number of aliphatic hydroxyl groups excluding tert-OH is 3. The highest BCUT2D eigenvalue weighted by atomic mass is 16.3. The Bertz CT molecular complexity index is 841. The molecule has 10 atom stereocenters. The fourth-order valence-corrected chi connectivity index (χ4v) is 11.3. The summed E-state index contributed by atoms with van der Waals surface area (Å²) in [5, 5.41) is 31.8. The van der Waals surface area contributed by atoms with Gasteiger partial charge in [-0.05, 0) is 134 Å². The quantitative estimate of drug-likeness (QED) is 0.396. The highest BCUT2D eigenvalue weighted by molar-refractivity contribution is 5.30. The largest absolute Gasteiger partial charge is 0.510 e. The van der Waals surface area contributed by atoms with E-state index < -0.39 is 6.10 Å². The maximum Gasteiger partial charge on any atom is 0.119 e. The van der Waals surface area contributed by atoms with Crippen molar-refractivity contribution in [1.29, 1.82) is 0 Å². The topological polar surface area (TPSA) is 60.7 Å². The molecule has 0 aromatic heterocycles. The average molecular weight is 459 g/mol. The smallest absolute Gasteiger partial charge is 0.119 e. The summed E-state index contributed by atoms with van der Waals surface area (Å²) < 4.78 is 0. The Morgan fingerprint density at radius 1 is 0.848 bits per heavy atom. The van der Waals surface area contributed by atoms with Gasteiger partial charge in [-0.15, -0.1) is 0 Å². The summed E-state index contributed by atoms with van der Waals surface area (Å²) in [7, 11) is 0. The van der Waals surface area contributed by atoms with Crippen LogP contribution in [0.25, 0.3) is 0 Å². The second-order valence-electron chi connectivity index (χ2n) is 14.6. The molecule has 0 amide bonds. The van der Waals surface area contributed by atoms with Gasteiger partial charge in [0.25, 0.3) is 0 Å². The molecule has 3 N–H and O–H groups in total. The van der Waals surface area contributed by atoms with Gasteiger partial charge in [-0.25, -0.2) is 0 Å². The Kier molecular flexibility index (Phi) is 5.31. The Morgan fingerprint density at radius 2 is 1.48 bits per heavy atom. The summed E-state index contributed by atoms with van der Waals surface area (Å²) in [6, 6.07) is 0. The van der Waals surface area contributed by atoms with Crippen molar-refractivity contribution in [2.45, 2.75) is 125 Å². The highest BCUT2D eigenvalue weighted by Gasteiger charge is 2.82. The van der Waals surface area contributed by atoms with Crippen molar-refractivity contribution in [2.24, 2.45) is 50.7 Å². The molecule has 0 radical (unpaired) electrons.